The molecule has 3 aromatic rings. The fourth-order valence-corrected chi connectivity index (χ4v) is 4.22. The summed E-state index contributed by atoms with van der Waals surface area (Å²) < 4.78 is 16.6. The van der Waals surface area contributed by atoms with Crippen LogP contribution in [0.15, 0.2) is 36.4 Å². The zero-order valence-electron chi connectivity index (χ0n) is 19.4. The van der Waals surface area contributed by atoms with E-state index in [2.05, 4.69) is 28.9 Å². The largest absolute Gasteiger partial charge is 0.495 e. The van der Waals surface area contributed by atoms with Crippen LogP contribution in [0.4, 0.5) is 11.5 Å². The molecule has 32 heavy (non-hydrogen) atoms. The minimum atomic E-state index is 0.687. The first-order valence-electron chi connectivity index (χ1n) is 11.2. The third-order valence-electron chi connectivity index (χ3n) is 5.99. The van der Waals surface area contributed by atoms with Gasteiger partial charge in [0.25, 0.3) is 0 Å². The average Bonchev–Trinajstić information content (AvgIpc) is 2.86. The van der Waals surface area contributed by atoms with Gasteiger partial charge in [-0.1, -0.05) is 25.5 Å². The fourth-order valence-electron chi connectivity index (χ4n) is 4.22. The molecule has 0 bridgehead atoms. The minimum Gasteiger partial charge on any atom is -0.495 e. The van der Waals surface area contributed by atoms with Gasteiger partial charge in [-0.05, 0) is 24.6 Å². The van der Waals surface area contributed by atoms with Gasteiger partial charge in [-0.15, -0.1) is 0 Å². The highest BCUT2D eigenvalue weighted by molar-refractivity contribution is 5.92. The van der Waals surface area contributed by atoms with Crippen LogP contribution in [0.5, 0.6) is 17.2 Å². The number of hydrogen-bond donors (Lipinski definition) is 0. The number of rotatable bonds is 8. The van der Waals surface area contributed by atoms with Crippen molar-refractivity contribution in [1.82, 2.24) is 9.97 Å². The van der Waals surface area contributed by atoms with E-state index in [9.17, 15) is 0 Å². The number of aromatic nitrogens is 2. The van der Waals surface area contributed by atoms with Gasteiger partial charge in [0.2, 0.25) is 0 Å². The molecule has 2 aromatic carbocycles. The highest BCUT2D eigenvalue weighted by atomic mass is 16.5. The Morgan fingerprint density at radius 3 is 2.16 bits per heavy atom. The summed E-state index contributed by atoms with van der Waals surface area (Å²) in [4.78, 5) is 14.6. The number of unbranched alkanes of at least 4 members (excludes halogenated alkanes) is 1. The number of anilines is 2. The van der Waals surface area contributed by atoms with Gasteiger partial charge in [0.15, 0.2) is 11.5 Å². The molecule has 1 aromatic heterocycles. The van der Waals surface area contributed by atoms with E-state index >= 15 is 0 Å². The van der Waals surface area contributed by atoms with Crippen LogP contribution >= 0.6 is 0 Å². The molecule has 0 atom stereocenters. The predicted molar refractivity (Wildman–Crippen MR) is 129 cm³/mol. The van der Waals surface area contributed by atoms with E-state index < -0.39 is 0 Å². The van der Waals surface area contributed by atoms with Crippen molar-refractivity contribution in [2.24, 2.45) is 0 Å². The van der Waals surface area contributed by atoms with Crippen molar-refractivity contribution in [1.29, 1.82) is 0 Å². The van der Waals surface area contributed by atoms with Crippen molar-refractivity contribution in [2.75, 3.05) is 57.3 Å². The molecule has 1 aliphatic heterocycles. The third kappa shape index (κ3) is 4.38. The fraction of sp³-hybridized carbons (Fsp3) is 0.440. The summed E-state index contributed by atoms with van der Waals surface area (Å²) in [5, 5.41) is 0.994. The van der Waals surface area contributed by atoms with Crippen LogP contribution in [0.2, 0.25) is 0 Å². The van der Waals surface area contributed by atoms with Gasteiger partial charge in [-0.2, -0.15) is 0 Å². The molecule has 7 nitrogen and oxygen atoms in total. The van der Waals surface area contributed by atoms with Crippen LogP contribution in [-0.2, 0) is 6.42 Å². The Labute approximate surface area is 189 Å². The van der Waals surface area contributed by atoms with E-state index in [0.717, 1.165) is 79.4 Å². The van der Waals surface area contributed by atoms with Gasteiger partial charge in [-0.25, -0.2) is 9.97 Å². The molecule has 0 spiro atoms. The first kappa shape index (κ1) is 22.0. The molecule has 0 saturated carbocycles. The maximum absolute atomic E-state index is 5.57. The molecule has 2 heterocycles. The van der Waals surface area contributed by atoms with Gasteiger partial charge < -0.3 is 24.0 Å². The van der Waals surface area contributed by atoms with Crippen LogP contribution in [0.1, 0.15) is 25.6 Å². The van der Waals surface area contributed by atoms with E-state index in [1.807, 2.05) is 24.3 Å². The smallest absolute Gasteiger partial charge is 0.162 e. The second-order valence-corrected chi connectivity index (χ2v) is 7.94. The number of para-hydroxylation sites is 2. The Hall–Kier alpha value is -3.22. The van der Waals surface area contributed by atoms with Crippen LogP contribution in [0.25, 0.3) is 10.9 Å². The molecule has 1 fully saturated rings. The van der Waals surface area contributed by atoms with Crippen LogP contribution < -0.4 is 24.0 Å². The molecule has 0 amide bonds. The van der Waals surface area contributed by atoms with Crippen LogP contribution in [0.3, 0.4) is 0 Å². The van der Waals surface area contributed by atoms with Crippen molar-refractivity contribution in [3.63, 3.8) is 0 Å². The summed E-state index contributed by atoms with van der Waals surface area (Å²) in [6, 6.07) is 12.2. The zero-order chi connectivity index (χ0) is 22.5. The molecular formula is C25H32N4O3. The minimum absolute atomic E-state index is 0.687. The second kappa shape index (κ2) is 9.94. The summed E-state index contributed by atoms with van der Waals surface area (Å²) in [5.41, 5.74) is 2.03. The molecular weight excluding hydrogens is 404 g/mol. The van der Waals surface area contributed by atoms with Crippen molar-refractivity contribution in [3.8, 4) is 17.2 Å². The quantitative estimate of drug-likeness (QED) is 0.521. The van der Waals surface area contributed by atoms with Crippen molar-refractivity contribution >= 4 is 22.4 Å². The van der Waals surface area contributed by atoms with Gasteiger partial charge in [0, 0.05) is 44.1 Å². The molecule has 0 unspecified atom stereocenters. The number of benzene rings is 2. The Morgan fingerprint density at radius 2 is 1.47 bits per heavy atom. The normalized spacial score (nSPS) is 14.0. The Kier molecular flexibility index (Phi) is 6.83. The Balaban J connectivity index is 1.66. The van der Waals surface area contributed by atoms with E-state index in [-0.39, 0.29) is 0 Å². The highest BCUT2D eigenvalue weighted by Crippen LogP contribution is 2.36. The summed E-state index contributed by atoms with van der Waals surface area (Å²) in [7, 11) is 5.04. The zero-order valence-corrected chi connectivity index (χ0v) is 19.4. The second-order valence-electron chi connectivity index (χ2n) is 7.94. The molecule has 1 aliphatic rings. The predicted octanol–water partition coefficient (Wildman–Crippen LogP) is 4.32. The summed E-state index contributed by atoms with van der Waals surface area (Å²) >= 11 is 0. The number of piperazine rings is 1. The van der Waals surface area contributed by atoms with E-state index in [4.69, 9.17) is 24.2 Å². The highest BCUT2D eigenvalue weighted by Gasteiger charge is 2.23. The van der Waals surface area contributed by atoms with Gasteiger partial charge in [-0.3, -0.25) is 0 Å². The summed E-state index contributed by atoms with van der Waals surface area (Å²) in [5.74, 6) is 4.15. The van der Waals surface area contributed by atoms with E-state index in [0.29, 0.717) is 11.5 Å². The number of methoxy groups -OCH3 is 3. The number of aryl methyl sites for hydroxylation is 1. The monoisotopic (exact) mass is 436 g/mol. The Bertz CT molecular complexity index is 1060. The first-order valence-corrected chi connectivity index (χ1v) is 11.2. The van der Waals surface area contributed by atoms with Crippen LogP contribution in [0, 0.1) is 0 Å². The lowest BCUT2D eigenvalue weighted by atomic mass is 10.1. The standard InChI is InChI=1S/C25H32N4O3/c1-5-6-11-24-26-19-17-23(32-4)22(31-3)16-18(19)25(27-24)29-14-12-28(13-15-29)20-9-7-8-10-21(20)30-2/h7-10,16-17H,5-6,11-15H2,1-4H3. The maximum atomic E-state index is 5.57. The number of fused-ring (bicyclic) bond motifs is 1. The third-order valence-corrected chi connectivity index (χ3v) is 5.99. The van der Waals surface area contributed by atoms with Crippen molar-refractivity contribution in [2.45, 2.75) is 26.2 Å². The lowest BCUT2D eigenvalue weighted by molar-refractivity contribution is 0.355. The van der Waals surface area contributed by atoms with Crippen molar-refractivity contribution in [3.05, 3.63) is 42.2 Å². The SMILES string of the molecule is CCCCc1nc(N2CCN(c3ccccc3OC)CC2)c2cc(OC)c(OC)cc2n1. The van der Waals surface area contributed by atoms with Crippen LogP contribution in [-0.4, -0.2) is 57.5 Å². The van der Waals surface area contributed by atoms with Crippen molar-refractivity contribution < 1.29 is 14.2 Å². The summed E-state index contributed by atoms with van der Waals surface area (Å²) in [6.07, 6.45) is 3.05. The molecule has 0 N–H and O–H groups in total. The molecule has 1 saturated heterocycles. The lowest BCUT2D eigenvalue weighted by Crippen LogP contribution is -2.47. The molecule has 7 heteroatoms. The number of nitrogens with zero attached hydrogens (tertiary/aromatic N) is 4. The van der Waals surface area contributed by atoms with Gasteiger partial charge in [0.05, 0.1) is 32.5 Å². The Morgan fingerprint density at radius 1 is 0.812 bits per heavy atom. The first-order chi connectivity index (χ1) is 15.7. The molecule has 170 valence electrons. The topological polar surface area (TPSA) is 60.0 Å². The van der Waals surface area contributed by atoms with Gasteiger partial charge in [0.1, 0.15) is 17.4 Å². The van der Waals surface area contributed by atoms with Gasteiger partial charge >= 0.3 is 0 Å². The molecule has 0 radical (unpaired) electrons. The maximum Gasteiger partial charge on any atom is 0.162 e. The molecule has 4 rings (SSSR count). The average molecular weight is 437 g/mol. The lowest BCUT2D eigenvalue weighted by Gasteiger charge is -2.37. The van der Waals surface area contributed by atoms with E-state index in [1.165, 1.54) is 0 Å². The van der Waals surface area contributed by atoms with E-state index in [1.54, 1.807) is 21.3 Å². The summed E-state index contributed by atoms with van der Waals surface area (Å²) in [6.45, 7) is 5.71. The number of hydrogen-bond acceptors (Lipinski definition) is 7. The number of ether oxygens (including phenoxy) is 3. The molecule has 0 aliphatic carbocycles.